The number of nitrogens with zero attached hydrogens (tertiary/aromatic N) is 3. The van der Waals surface area contributed by atoms with Crippen molar-refractivity contribution in [2.75, 3.05) is 46.3 Å². The predicted molar refractivity (Wildman–Crippen MR) is 111 cm³/mol. The Morgan fingerprint density at radius 2 is 1.89 bits per heavy atom. The smallest absolute Gasteiger partial charge is 0.410 e. The van der Waals surface area contributed by atoms with Crippen LogP contribution in [-0.4, -0.2) is 85.7 Å². The Hall–Kier alpha value is -2.03. The molecule has 0 bridgehead atoms. The number of aliphatic imine (C=N–C) groups is 1. The molecular formula is C19H38N6O3. The van der Waals surface area contributed by atoms with Crippen LogP contribution in [0.15, 0.2) is 4.99 Å². The lowest BCUT2D eigenvalue weighted by Gasteiger charge is -2.32. The highest BCUT2D eigenvalue weighted by Crippen LogP contribution is 2.11. The number of rotatable bonds is 8. The van der Waals surface area contributed by atoms with Gasteiger partial charge in [-0.15, -0.1) is 0 Å². The highest BCUT2D eigenvalue weighted by Gasteiger charge is 2.22. The Morgan fingerprint density at radius 3 is 2.39 bits per heavy atom. The number of primary amides is 1. The minimum Gasteiger partial charge on any atom is -0.444 e. The second-order valence-corrected chi connectivity index (χ2v) is 8.13. The Bertz CT molecular complexity index is 524. The molecule has 0 spiro atoms. The Kier molecular flexibility index (Phi) is 10.1. The quantitative estimate of drug-likeness (QED) is 0.411. The third-order valence-electron chi connectivity index (χ3n) is 4.35. The van der Waals surface area contributed by atoms with Gasteiger partial charge in [0.2, 0.25) is 5.91 Å². The average molecular weight is 399 g/mol. The van der Waals surface area contributed by atoms with E-state index in [1.165, 1.54) is 0 Å². The Balaban J connectivity index is 2.40. The number of likely N-dealkylation sites (tertiary alicyclic amines) is 1. The number of nitrogens with one attached hydrogen (secondary N) is 2. The van der Waals surface area contributed by atoms with Crippen molar-refractivity contribution in [2.24, 2.45) is 10.7 Å². The second kappa shape index (κ2) is 11.7. The van der Waals surface area contributed by atoms with Crippen molar-refractivity contribution in [2.45, 2.75) is 58.6 Å². The highest BCUT2D eigenvalue weighted by atomic mass is 16.6. The van der Waals surface area contributed by atoms with E-state index in [1.54, 1.807) is 11.9 Å². The summed E-state index contributed by atoms with van der Waals surface area (Å²) in [5.74, 6) is 0.430. The van der Waals surface area contributed by atoms with Crippen LogP contribution < -0.4 is 16.4 Å². The Morgan fingerprint density at radius 1 is 1.25 bits per heavy atom. The van der Waals surface area contributed by atoms with E-state index >= 15 is 0 Å². The van der Waals surface area contributed by atoms with Crippen molar-refractivity contribution in [3.8, 4) is 0 Å². The maximum Gasteiger partial charge on any atom is 0.410 e. The van der Waals surface area contributed by atoms with E-state index in [1.807, 2.05) is 27.7 Å². The van der Waals surface area contributed by atoms with Gasteiger partial charge < -0.3 is 26.0 Å². The fourth-order valence-electron chi connectivity index (χ4n) is 3.04. The summed E-state index contributed by atoms with van der Waals surface area (Å²) in [4.78, 5) is 31.4. The van der Waals surface area contributed by atoms with Gasteiger partial charge in [-0.2, -0.15) is 0 Å². The first-order chi connectivity index (χ1) is 13.1. The summed E-state index contributed by atoms with van der Waals surface area (Å²) in [5, 5.41) is 6.68. The normalized spacial score (nSPS) is 16.5. The molecule has 1 fully saturated rings. The van der Waals surface area contributed by atoms with Crippen LogP contribution in [0.3, 0.4) is 0 Å². The number of carbonyl (C=O) groups excluding carboxylic acids is 2. The van der Waals surface area contributed by atoms with Gasteiger partial charge in [0.1, 0.15) is 5.60 Å². The van der Waals surface area contributed by atoms with Gasteiger partial charge in [-0.3, -0.25) is 14.7 Å². The number of carbonyl (C=O) groups is 2. The zero-order valence-corrected chi connectivity index (χ0v) is 18.1. The van der Waals surface area contributed by atoms with Crippen molar-refractivity contribution in [3.05, 3.63) is 0 Å². The maximum atomic E-state index is 12.3. The summed E-state index contributed by atoms with van der Waals surface area (Å²) in [6, 6.07) is 0.299. The number of hydrogen-bond donors (Lipinski definition) is 3. The average Bonchev–Trinajstić information content (AvgIpc) is 2.59. The molecule has 1 heterocycles. The lowest BCUT2D eigenvalue weighted by Crippen LogP contribution is -2.51. The van der Waals surface area contributed by atoms with E-state index in [0.29, 0.717) is 38.2 Å². The number of ether oxygens (including phenoxy) is 1. The molecule has 1 aliphatic rings. The summed E-state index contributed by atoms with van der Waals surface area (Å²) in [5.41, 5.74) is 4.75. The number of guanidine groups is 1. The number of piperidine rings is 1. The molecular weight excluding hydrogens is 360 g/mol. The van der Waals surface area contributed by atoms with Crippen LogP contribution in [0.5, 0.6) is 0 Å². The van der Waals surface area contributed by atoms with Crippen LogP contribution in [0, 0.1) is 0 Å². The lowest BCUT2D eigenvalue weighted by atomic mass is 10.1. The molecule has 9 heteroatoms. The van der Waals surface area contributed by atoms with E-state index in [-0.39, 0.29) is 12.0 Å². The van der Waals surface area contributed by atoms with Crippen LogP contribution in [0.2, 0.25) is 0 Å². The van der Waals surface area contributed by atoms with E-state index in [0.717, 1.165) is 32.4 Å². The van der Waals surface area contributed by atoms with Crippen LogP contribution in [0.4, 0.5) is 4.79 Å². The number of nitrogens with two attached hydrogens (primary N) is 1. The SMILES string of the molecule is CCCN(CCNC(=NC)NC1CCN(CC(N)=O)CC1)C(=O)OC(C)(C)C. The monoisotopic (exact) mass is 398 g/mol. The molecule has 0 saturated carbocycles. The first-order valence-electron chi connectivity index (χ1n) is 10.1. The van der Waals surface area contributed by atoms with E-state index in [2.05, 4.69) is 20.5 Å². The van der Waals surface area contributed by atoms with Crippen molar-refractivity contribution >= 4 is 18.0 Å². The van der Waals surface area contributed by atoms with Gasteiger partial charge in [-0.1, -0.05) is 6.92 Å². The minimum absolute atomic E-state index is 0.287. The van der Waals surface area contributed by atoms with Crippen LogP contribution >= 0.6 is 0 Å². The van der Waals surface area contributed by atoms with Crippen LogP contribution in [-0.2, 0) is 9.53 Å². The molecule has 0 aromatic carbocycles. The van der Waals surface area contributed by atoms with Gasteiger partial charge in [0.15, 0.2) is 5.96 Å². The Labute approximate surface area is 169 Å². The number of hydrogen-bond acceptors (Lipinski definition) is 5. The largest absolute Gasteiger partial charge is 0.444 e. The molecule has 0 atom stereocenters. The van der Waals surface area contributed by atoms with Crippen molar-refractivity contribution in [1.29, 1.82) is 0 Å². The molecule has 9 nitrogen and oxygen atoms in total. The van der Waals surface area contributed by atoms with Crippen molar-refractivity contribution in [3.63, 3.8) is 0 Å². The summed E-state index contributed by atoms with van der Waals surface area (Å²) in [6.45, 7) is 11.4. The molecule has 162 valence electrons. The third-order valence-corrected chi connectivity index (χ3v) is 4.35. The first-order valence-corrected chi connectivity index (χ1v) is 10.1. The molecule has 0 aliphatic carbocycles. The summed E-state index contributed by atoms with van der Waals surface area (Å²) in [6.07, 6.45) is 2.43. The van der Waals surface area contributed by atoms with Gasteiger partial charge in [0.25, 0.3) is 0 Å². The molecule has 2 amide bonds. The van der Waals surface area contributed by atoms with Crippen molar-refractivity contribution in [1.82, 2.24) is 20.4 Å². The fraction of sp³-hybridized carbons (Fsp3) is 0.842. The molecule has 0 radical (unpaired) electrons. The zero-order chi connectivity index (χ0) is 21.2. The van der Waals surface area contributed by atoms with Crippen LogP contribution in [0.1, 0.15) is 47.0 Å². The second-order valence-electron chi connectivity index (χ2n) is 8.13. The van der Waals surface area contributed by atoms with E-state index in [9.17, 15) is 9.59 Å². The third kappa shape index (κ3) is 9.77. The van der Waals surface area contributed by atoms with Crippen LogP contribution in [0.25, 0.3) is 0 Å². The molecule has 4 N–H and O–H groups in total. The predicted octanol–water partition coefficient (Wildman–Crippen LogP) is 0.748. The topological polar surface area (TPSA) is 112 Å². The standard InChI is InChI=1S/C19H38N6O3/c1-6-10-25(18(27)28-19(2,3)4)13-9-22-17(21-5)23-15-7-11-24(12-8-15)14-16(20)26/h15H,6-14H2,1-5H3,(H2,20,26)(H2,21,22,23). The van der Waals surface area contributed by atoms with Crippen molar-refractivity contribution < 1.29 is 14.3 Å². The molecule has 28 heavy (non-hydrogen) atoms. The van der Waals surface area contributed by atoms with Gasteiger partial charge in [0, 0.05) is 45.8 Å². The molecule has 1 aliphatic heterocycles. The minimum atomic E-state index is -0.503. The molecule has 1 rings (SSSR count). The van der Waals surface area contributed by atoms with E-state index < -0.39 is 5.60 Å². The molecule has 1 saturated heterocycles. The molecule has 0 unspecified atom stereocenters. The first kappa shape index (κ1) is 24.0. The highest BCUT2D eigenvalue weighted by molar-refractivity contribution is 5.80. The number of amides is 2. The van der Waals surface area contributed by atoms with Gasteiger partial charge in [-0.05, 0) is 40.0 Å². The molecule has 0 aromatic rings. The summed E-state index contributed by atoms with van der Waals surface area (Å²) in [7, 11) is 1.73. The zero-order valence-electron chi connectivity index (χ0n) is 18.1. The van der Waals surface area contributed by atoms with Gasteiger partial charge >= 0.3 is 6.09 Å². The summed E-state index contributed by atoms with van der Waals surface area (Å²) < 4.78 is 5.47. The molecule has 0 aromatic heterocycles. The fourth-order valence-corrected chi connectivity index (χ4v) is 3.04. The van der Waals surface area contributed by atoms with E-state index in [4.69, 9.17) is 10.5 Å². The van der Waals surface area contributed by atoms with Gasteiger partial charge in [0.05, 0.1) is 6.54 Å². The maximum absolute atomic E-state index is 12.3. The van der Waals surface area contributed by atoms with Gasteiger partial charge in [-0.25, -0.2) is 4.79 Å². The lowest BCUT2D eigenvalue weighted by molar-refractivity contribution is -0.119. The summed E-state index contributed by atoms with van der Waals surface area (Å²) >= 11 is 0.